The lowest BCUT2D eigenvalue weighted by atomic mass is 10.0. The van der Waals surface area contributed by atoms with Crippen LogP contribution in [0.1, 0.15) is 44.7 Å². The molecular weight excluding hydrogens is 395 g/mol. The highest BCUT2D eigenvalue weighted by Gasteiger charge is 2.37. The summed E-state index contributed by atoms with van der Waals surface area (Å²) in [5.74, 6) is -1.58. The van der Waals surface area contributed by atoms with Gasteiger partial charge in [-0.05, 0) is 51.9 Å². The van der Waals surface area contributed by atoms with E-state index in [2.05, 4.69) is 5.32 Å². The largest absolute Gasteiger partial charge is 0.481 e. The number of hydrogen-bond donors (Lipinski definition) is 2. The summed E-state index contributed by atoms with van der Waals surface area (Å²) in [6.07, 6.45) is -4.58. The van der Waals surface area contributed by atoms with Crippen molar-refractivity contribution in [1.29, 1.82) is 5.26 Å². The number of aliphatic carboxylic acids is 1. The fourth-order valence-electron chi connectivity index (χ4n) is 2.44. The SMILES string of the molecule is CC(=S)N(C(=O)C(C)(C)NCCCC(=O)O)c1ccc(C#N)c(C(F)(F)F)c1. The molecule has 152 valence electrons. The minimum absolute atomic E-state index is 0.0308. The number of benzene rings is 1. The van der Waals surface area contributed by atoms with Crippen molar-refractivity contribution in [3.05, 3.63) is 29.3 Å². The van der Waals surface area contributed by atoms with Crippen molar-refractivity contribution in [2.45, 2.75) is 45.3 Å². The highest BCUT2D eigenvalue weighted by molar-refractivity contribution is 7.80. The number of anilines is 1. The van der Waals surface area contributed by atoms with Gasteiger partial charge in [-0.2, -0.15) is 18.4 Å². The van der Waals surface area contributed by atoms with E-state index < -0.39 is 34.7 Å². The Balaban J connectivity index is 3.20. The van der Waals surface area contributed by atoms with Crippen molar-refractivity contribution < 1.29 is 27.9 Å². The molecule has 1 rings (SSSR count). The van der Waals surface area contributed by atoms with Crippen LogP contribution in [-0.2, 0) is 15.8 Å². The Morgan fingerprint density at radius 2 is 1.93 bits per heavy atom. The lowest BCUT2D eigenvalue weighted by Crippen LogP contribution is -2.55. The van der Waals surface area contributed by atoms with E-state index in [0.717, 1.165) is 11.0 Å². The number of carbonyl (C=O) groups excluding carboxylic acids is 1. The molecule has 0 aliphatic heterocycles. The summed E-state index contributed by atoms with van der Waals surface area (Å²) < 4.78 is 39.7. The smallest absolute Gasteiger partial charge is 0.417 e. The molecule has 0 atom stereocenters. The molecule has 0 aliphatic rings. The number of thiocarbonyl (C=S) groups is 1. The van der Waals surface area contributed by atoms with Crippen LogP contribution in [0, 0.1) is 11.3 Å². The van der Waals surface area contributed by atoms with E-state index in [4.69, 9.17) is 22.6 Å². The molecule has 0 aliphatic carbocycles. The monoisotopic (exact) mass is 415 g/mol. The maximum atomic E-state index is 13.2. The number of carboxylic acid groups (broad SMARTS) is 1. The number of nitrogens with zero attached hydrogens (tertiary/aromatic N) is 2. The molecule has 0 fully saturated rings. The predicted molar refractivity (Wildman–Crippen MR) is 101 cm³/mol. The van der Waals surface area contributed by atoms with E-state index in [9.17, 15) is 22.8 Å². The molecule has 0 unspecified atom stereocenters. The van der Waals surface area contributed by atoms with Gasteiger partial charge in [-0.1, -0.05) is 12.2 Å². The molecule has 28 heavy (non-hydrogen) atoms. The second-order valence-corrected chi connectivity index (χ2v) is 7.14. The van der Waals surface area contributed by atoms with Gasteiger partial charge >= 0.3 is 12.1 Å². The summed E-state index contributed by atoms with van der Waals surface area (Å²) in [5.41, 5.74) is -3.04. The molecule has 10 heteroatoms. The minimum Gasteiger partial charge on any atom is -0.481 e. The molecule has 2 N–H and O–H groups in total. The van der Waals surface area contributed by atoms with Crippen LogP contribution in [0.2, 0.25) is 0 Å². The molecule has 0 aromatic heterocycles. The molecule has 0 heterocycles. The molecule has 1 aromatic rings. The molecular formula is C18H20F3N3O3S. The lowest BCUT2D eigenvalue weighted by molar-refractivity contribution is -0.138. The molecule has 1 amide bonds. The summed E-state index contributed by atoms with van der Waals surface area (Å²) >= 11 is 5.06. The van der Waals surface area contributed by atoms with Gasteiger partial charge in [0.05, 0.1) is 33.4 Å². The Morgan fingerprint density at radius 3 is 2.39 bits per heavy atom. The van der Waals surface area contributed by atoms with Crippen molar-refractivity contribution in [3.63, 3.8) is 0 Å². The van der Waals surface area contributed by atoms with Crippen molar-refractivity contribution in [2.75, 3.05) is 11.4 Å². The van der Waals surface area contributed by atoms with Crippen LogP contribution in [-0.4, -0.2) is 34.1 Å². The maximum absolute atomic E-state index is 13.2. The quantitative estimate of drug-likeness (QED) is 0.523. The number of halogens is 3. The Bertz CT molecular complexity index is 817. The molecule has 1 aromatic carbocycles. The van der Waals surface area contributed by atoms with Crippen LogP contribution in [0.4, 0.5) is 18.9 Å². The first-order valence-electron chi connectivity index (χ1n) is 8.24. The minimum atomic E-state index is -4.77. The number of rotatable bonds is 7. The second kappa shape index (κ2) is 9.12. The number of carbonyl (C=O) groups is 2. The van der Waals surface area contributed by atoms with Crippen molar-refractivity contribution >= 4 is 34.8 Å². The highest BCUT2D eigenvalue weighted by Crippen LogP contribution is 2.35. The summed E-state index contributed by atoms with van der Waals surface area (Å²) in [5, 5.41) is 20.5. The topological polar surface area (TPSA) is 93.4 Å². The number of nitrogens with one attached hydrogen (secondary N) is 1. The average Bonchev–Trinajstić information content (AvgIpc) is 2.57. The van der Waals surface area contributed by atoms with E-state index >= 15 is 0 Å². The van der Waals surface area contributed by atoms with Gasteiger partial charge in [0.15, 0.2) is 0 Å². The van der Waals surface area contributed by atoms with Gasteiger partial charge in [-0.15, -0.1) is 0 Å². The van der Waals surface area contributed by atoms with Gasteiger partial charge < -0.3 is 10.4 Å². The van der Waals surface area contributed by atoms with Crippen LogP contribution < -0.4 is 10.2 Å². The van der Waals surface area contributed by atoms with Crippen molar-refractivity contribution in [1.82, 2.24) is 5.32 Å². The van der Waals surface area contributed by atoms with E-state index in [1.165, 1.54) is 32.9 Å². The molecule has 0 saturated heterocycles. The second-order valence-electron chi connectivity index (χ2n) is 6.55. The van der Waals surface area contributed by atoms with E-state index in [1.54, 1.807) is 0 Å². The molecule has 0 radical (unpaired) electrons. The third-order valence-electron chi connectivity index (χ3n) is 3.87. The third-order valence-corrected chi connectivity index (χ3v) is 4.06. The van der Waals surface area contributed by atoms with Crippen LogP contribution >= 0.6 is 12.2 Å². The highest BCUT2D eigenvalue weighted by atomic mass is 32.1. The van der Waals surface area contributed by atoms with Crippen LogP contribution in [0.25, 0.3) is 0 Å². The first-order chi connectivity index (χ1) is 12.8. The van der Waals surface area contributed by atoms with Gasteiger partial charge in [0, 0.05) is 6.42 Å². The standard InChI is InChI=1S/C18H20F3N3O3S/c1-11(28)24(16(27)17(2,3)23-8-4-5-15(25)26)13-7-6-12(10-22)14(9-13)18(19,20)21/h6-7,9,23H,4-5,8H2,1-3H3,(H,25,26). The van der Waals surface area contributed by atoms with Crippen LogP contribution in [0.3, 0.4) is 0 Å². The number of hydrogen-bond acceptors (Lipinski definition) is 5. The Hall–Kier alpha value is -2.51. The van der Waals surface area contributed by atoms with Gasteiger partial charge in [-0.25, -0.2) is 0 Å². The normalized spacial score (nSPS) is 11.6. The van der Waals surface area contributed by atoms with Crippen molar-refractivity contribution in [2.24, 2.45) is 0 Å². The number of carboxylic acids is 1. The predicted octanol–water partition coefficient (Wildman–Crippen LogP) is 3.49. The first kappa shape index (κ1) is 23.5. The molecule has 0 bridgehead atoms. The van der Waals surface area contributed by atoms with Crippen LogP contribution in [0.5, 0.6) is 0 Å². The Labute approximate surface area is 165 Å². The molecule has 0 saturated carbocycles. The maximum Gasteiger partial charge on any atom is 0.417 e. The Morgan fingerprint density at radius 1 is 1.32 bits per heavy atom. The summed E-state index contributed by atoms with van der Waals surface area (Å²) in [6, 6.07) is 4.41. The van der Waals surface area contributed by atoms with Crippen molar-refractivity contribution in [3.8, 4) is 6.07 Å². The first-order valence-corrected chi connectivity index (χ1v) is 8.65. The van der Waals surface area contributed by atoms with Gasteiger partial charge in [0.2, 0.25) is 0 Å². The zero-order valence-electron chi connectivity index (χ0n) is 15.6. The van der Waals surface area contributed by atoms with Gasteiger partial charge in [0.25, 0.3) is 5.91 Å². The van der Waals surface area contributed by atoms with Crippen LogP contribution in [0.15, 0.2) is 18.2 Å². The number of amides is 1. The summed E-state index contributed by atoms with van der Waals surface area (Å²) in [4.78, 5) is 24.5. The molecule has 6 nitrogen and oxygen atoms in total. The fraction of sp³-hybridized carbons (Fsp3) is 0.444. The number of nitriles is 1. The zero-order chi connectivity index (χ0) is 21.7. The lowest BCUT2D eigenvalue weighted by Gasteiger charge is -2.32. The Kier molecular flexibility index (Phi) is 7.66. The average molecular weight is 415 g/mol. The molecule has 0 spiro atoms. The zero-order valence-corrected chi connectivity index (χ0v) is 16.4. The number of alkyl halides is 3. The van der Waals surface area contributed by atoms with E-state index in [0.29, 0.717) is 6.07 Å². The van der Waals surface area contributed by atoms with Gasteiger partial charge in [-0.3, -0.25) is 14.5 Å². The summed E-state index contributed by atoms with van der Waals surface area (Å²) in [7, 11) is 0. The fourth-order valence-corrected chi connectivity index (χ4v) is 2.63. The van der Waals surface area contributed by atoms with E-state index in [-0.39, 0.29) is 30.1 Å². The van der Waals surface area contributed by atoms with Gasteiger partial charge in [0.1, 0.15) is 0 Å². The summed E-state index contributed by atoms with van der Waals surface area (Å²) in [6.45, 7) is 4.67. The third kappa shape index (κ3) is 6.00. The van der Waals surface area contributed by atoms with E-state index in [1.807, 2.05) is 0 Å².